The first-order valence-corrected chi connectivity index (χ1v) is 10.9. The van der Waals surface area contributed by atoms with Crippen LogP contribution in [0.3, 0.4) is 0 Å². The molecule has 7 heteroatoms. The molecule has 1 saturated heterocycles. The van der Waals surface area contributed by atoms with Gasteiger partial charge in [-0.05, 0) is 18.9 Å². The second-order valence-electron chi connectivity index (χ2n) is 6.91. The second kappa shape index (κ2) is 7.25. The Kier molecular flexibility index (Phi) is 4.80. The third kappa shape index (κ3) is 4.09. The number of anilines is 1. The van der Waals surface area contributed by atoms with Crippen LogP contribution in [-0.2, 0) is 10.0 Å². The normalized spacial score (nSPS) is 16.0. The van der Waals surface area contributed by atoms with E-state index in [1.165, 1.54) is 6.26 Å². The molecule has 1 fully saturated rings. The number of hydrogen-bond acceptors (Lipinski definition) is 5. The summed E-state index contributed by atoms with van der Waals surface area (Å²) in [7, 11) is -3.18. The van der Waals surface area contributed by atoms with Crippen LogP contribution in [0.2, 0.25) is 0 Å². The fraction of sp³-hybridized carbons (Fsp3) is 0.300. The number of sulfonamides is 1. The van der Waals surface area contributed by atoms with E-state index in [2.05, 4.69) is 21.8 Å². The fourth-order valence-corrected chi connectivity index (χ4v) is 4.36. The molecule has 6 nitrogen and oxygen atoms in total. The summed E-state index contributed by atoms with van der Waals surface area (Å²) in [5.74, 6) is 0.699. The van der Waals surface area contributed by atoms with Crippen molar-refractivity contribution >= 4 is 26.9 Å². The lowest BCUT2D eigenvalue weighted by Gasteiger charge is -2.32. The number of nitrogens with one attached hydrogen (secondary N) is 1. The SMILES string of the molecule is CS(=O)(=O)NC1CCN(c2nc(-c3ccccc3)c3ccccc3n2)CC1. The van der Waals surface area contributed by atoms with Crippen molar-refractivity contribution in [3.8, 4) is 11.3 Å². The fourth-order valence-electron chi connectivity index (χ4n) is 3.52. The Balaban J connectivity index is 1.66. The average Bonchev–Trinajstić information content (AvgIpc) is 2.67. The van der Waals surface area contributed by atoms with Gasteiger partial charge >= 0.3 is 0 Å². The van der Waals surface area contributed by atoms with E-state index < -0.39 is 10.0 Å². The molecule has 0 unspecified atom stereocenters. The van der Waals surface area contributed by atoms with Crippen molar-refractivity contribution in [2.45, 2.75) is 18.9 Å². The average molecular weight is 382 g/mol. The highest BCUT2D eigenvalue weighted by Crippen LogP contribution is 2.29. The first-order valence-electron chi connectivity index (χ1n) is 9.04. The van der Waals surface area contributed by atoms with Crippen molar-refractivity contribution in [2.75, 3.05) is 24.2 Å². The minimum atomic E-state index is -3.18. The van der Waals surface area contributed by atoms with E-state index in [0.29, 0.717) is 5.95 Å². The number of hydrogen-bond donors (Lipinski definition) is 1. The molecule has 4 rings (SSSR count). The Morgan fingerprint density at radius 3 is 2.33 bits per heavy atom. The van der Waals surface area contributed by atoms with Gasteiger partial charge in [-0.2, -0.15) is 0 Å². The van der Waals surface area contributed by atoms with Gasteiger partial charge < -0.3 is 4.90 Å². The van der Waals surface area contributed by atoms with Gasteiger partial charge in [0.15, 0.2) is 0 Å². The van der Waals surface area contributed by atoms with Gasteiger partial charge in [-0.1, -0.05) is 48.5 Å². The maximum atomic E-state index is 11.4. The van der Waals surface area contributed by atoms with E-state index in [4.69, 9.17) is 9.97 Å². The largest absolute Gasteiger partial charge is 0.341 e. The number of benzene rings is 2. The molecule has 0 bridgehead atoms. The monoisotopic (exact) mass is 382 g/mol. The summed E-state index contributed by atoms with van der Waals surface area (Å²) in [5.41, 5.74) is 2.90. The summed E-state index contributed by atoms with van der Waals surface area (Å²) in [6, 6.07) is 18.1. The van der Waals surface area contributed by atoms with Crippen LogP contribution in [0.5, 0.6) is 0 Å². The van der Waals surface area contributed by atoms with E-state index in [9.17, 15) is 8.42 Å². The lowest BCUT2D eigenvalue weighted by Crippen LogP contribution is -2.44. The minimum absolute atomic E-state index is 0.0229. The molecule has 1 N–H and O–H groups in total. The number of aromatic nitrogens is 2. The molecule has 0 spiro atoms. The van der Waals surface area contributed by atoms with Gasteiger partial charge in [0, 0.05) is 30.1 Å². The summed E-state index contributed by atoms with van der Waals surface area (Å²) in [6.07, 6.45) is 2.69. The van der Waals surface area contributed by atoms with Crippen molar-refractivity contribution in [1.29, 1.82) is 0 Å². The summed E-state index contributed by atoms with van der Waals surface area (Å²) < 4.78 is 25.6. The van der Waals surface area contributed by atoms with Crippen LogP contribution in [0, 0.1) is 0 Å². The summed E-state index contributed by atoms with van der Waals surface area (Å²) in [5, 5.41) is 1.03. The maximum Gasteiger partial charge on any atom is 0.226 e. The van der Waals surface area contributed by atoms with Gasteiger partial charge in [-0.25, -0.2) is 23.1 Å². The molecule has 0 radical (unpaired) electrons. The molecular weight excluding hydrogens is 360 g/mol. The van der Waals surface area contributed by atoms with Crippen LogP contribution >= 0.6 is 0 Å². The topological polar surface area (TPSA) is 75.2 Å². The smallest absolute Gasteiger partial charge is 0.226 e. The zero-order valence-corrected chi connectivity index (χ0v) is 16.0. The van der Waals surface area contributed by atoms with Gasteiger partial charge in [0.1, 0.15) is 0 Å². The van der Waals surface area contributed by atoms with Gasteiger partial charge in [0.05, 0.1) is 17.5 Å². The molecule has 0 atom stereocenters. The zero-order valence-electron chi connectivity index (χ0n) is 15.2. The minimum Gasteiger partial charge on any atom is -0.341 e. The van der Waals surface area contributed by atoms with Gasteiger partial charge in [-0.15, -0.1) is 0 Å². The molecular formula is C20H22N4O2S. The molecule has 140 valence electrons. The molecule has 2 heterocycles. The molecule has 27 heavy (non-hydrogen) atoms. The summed E-state index contributed by atoms with van der Waals surface area (Å²) >= 11 is 0. The van der Waals surface area contributed by atoms with Crippen LogP contribution in [0.1, 0.15) is 12.8 Å². The molecule has 1 aliphatic heterocycles. The van der Waals surface area contributed by atoms with Gasteiger partial charge in [0.2, 0.25) is 16.0 Å². The Bertz CT molecular complexity index is 1050. The molecule has 1 aliphatic rings. The Hall–Kier alpha value is -2.51. The number of nitrogens with zero attached hydrogens (tertiary/aromatic N) is 3. The van der Waals surface area contributed by atoms with Crippen molar-refractivity contribution in [1.82, 2.24) is 14.7 Å². The number of fused-ring (bicyclic) bond motifs is 1. The number of rotatable bonds is 4. The third-order valence-corrected chi connectivity index (χ3v) is 5.56. The second-order valence-corrected chi connectivity index (χ2v) is 8.69. The maximum absolute atomic E-state index is 11.4. The highest BCUT2D eigenvalue weighted by atomic mass is 32.2. The summed E-state index contributed by atoms with van der Waals surface area (Å²) in [4.78, 5) is 11.8. The van der Waals surface area contributed by atoms with Crippen molar-refractivity contribution in [3.63, 3.8) is 0 Å². The number of piperidine rings is 1. The summed E-state index contributed by atoms with van der Waals surface area (Å²) in [6.45, 7) is 1.44. The quantitative estimate of drug-likeness (QED) is 0.751. The molecule has 3 aromatic rings. The lowest BCUT2D eigenvalue weighted by atomic mass is 10.1. The Morgan fingerprint density at radius 1 is 0.963 bits per heavy atom. The van der Waals surface area contributed by atoms with Crippen LogP contribution in [0.15, 0.2) is 54.6 Å². The molecule has 0 amide bonds. The van der Waals surface area contributed by atoms with Gasteiger partial charge in [0.25, 0.3) is 0 Å². The molecule has 0 aliphatic carbocycles. The Labute approximate surface area is 159 Å². The Morgan fingerprint density at radius 2 is 1.63 bits per heavy atom. The predicted molar refractivity (Wildman–Crippen MR) is 108 cm³/mol. The molecule has 1 aromatic heterocycles. The van der Waals surface area contributed by atoms with E-state index >= 15 is 0 Å². The van der Waals surface area contributed by atoms with Crippen molar-refractivity contribution in [2.24, 2.45) is 0 Å². The highest BCUT2D eigenvalue weighted by molar-refractivity contribution is 7.88. The van der Waals surface area contributed by atoms with Crippen LogP contribution in [0.4, 0.5) is 5.95 Å². The highest BCUT2D eigenvalue weighted by Gasteiger charge is 2.24. The van der Waals surface area contributed by atoms with E-state index in [1.807, 2.05) is 42.5 Å². The molecule has 2 aromatic carbocycles. The van der Waals surface area contributed by atoms with Gasteiger partial charge in [-0.3, -0.25) is 0 Å². The van der Waals surface area contributed by atoms with Crippen molar-refractivity contribution in [3.05, 3.63) is 54.6 Å². The van der Waals surface area contributed by atoms with E-state index in [0.717, 1.165) is 48.1 Å². The zero-order chi connectivity index (χ0) is 18.9. The standard InChI is InChI=1S/C20H22N4O2S/c1-27(25,26)23-16-11-13-24(14-12-16)20-21-18-10-6-5-9-17(18)19(22-20)15-7-3-2-4-8-15/h2-10,16,23H,11-14H2,1H3. The van der Waals surface area contributed by atoms with E-state index in [1.54, 1.807) is 0 Å². The van der Waals surface area contributed by atoms with E-state index in [-0.39, 0.29) is 6.04 Å². The molecule has 0 saturated carbocycles. The van der Waals surface area contributed by atoms with Crippen LogP contribution < -0.4 is 9.62 Å². The first-order chi connectivity index (χ1) is 13.0. The first kappa shape index (κ1) is 17.9. The van der Waals surface area contributed by atoms with Crippen LogP contribution in [0.25, 0.3) is 22.2 Å². The van der Waals surface area contributed by atoms with Crippen LogP contribution in [-0.4, -0.2) is 43.8 Å². The lowest BCUT2D eigenvalue weighted by molar-refractivity contribution is 0.458. The van der Waals surface area contributed by atoms with Crippen molar-refractivity contribution < 1.29 is 8.42 Å². The number of para-hydroxylation sites is 1. The third-order valence-electron chi connectivity index (χ3n) is 4.80. The predicted octanol–water partition coefficient (Wildman–Crippen LogP) is 2.81.